The van der Waals surface area contributed by atoms with Gasteiger partial charge in [-0.1, -0.05) is 0 Å². The summed E-state index contributed by atoms with van der Waals surface area (Å²) >= 11 is 0. The molecule has 0 aliphatic heterocycles. The van der Waals surface area contributed by atoms with Crippen molar-refractivity contribution in [2.75, 3.05) is 0 Å². The van der Waals surface area contributed by atoms with Crippen molar-refractivity contribution in [3.05, 3.63) is 0 Å². The Balaban J connectivity index is 0. The van der Waals surface area contributed by atoms with Crippen LogP contribution in [0, 0.1) is 0 Å². The van der Waals surface area contributed by atoms with Crippen LogP contribution in [0.2, 0.25) is 0 Å². The molecule has 0 N–H and O–H groups in total. The molecule has 8 heteroatoms. The maximum absolute atomic E-state index is 0. The quantitative estimate of drug-likeness (QED) is 0.325. The molecule has 0 aromatic rings. The van der Waals surface area contributed by atoms with E-state index in [1.807, 2.05) is 0 Å². The molecule has 0 unspecified atom stereocenters. The monoisotopic (exact) mass is 215 g/mol. The average Bonchev–Trinajstić information content (AvgIpc) is 0. The molecule has 0 bridgehead atoms. The molecule has 0 amide bonds. The summed E-state index contributed by atoms with van der Waals surface area (Å²) in [5.74, 6) is 0. The molecule has 0 nitrogen and oxygen atoms in total. The summed E-state index contributed by atoms with van der Waals surface area (Å²) in [5, 5.41) is 0. The molecule has 0 aromatic carbocycles. The van der Waals surface area contributed by atoms with Crippen molar-refractivity contribution in [1.29, 1.82) is 0 Å². The van der Waals surface area contributed by atoms with Crippen molar-refractivity contribution in [3.63, 3.8) is 0 Å². The predicted octanol–water partition coefficient (Wildman–Crippen LogP) is -1.97. The molecule has 0 aliphatic carbocycles. The van der Waals surface area contributed by atoms with E-state index in [9.17, 15) is 0 Å². The van der Waals surface area contributed by atoms with Gasteiger partial charge in [0, 0.05) is 17.1 Å². The van der Waals surface area contributed by atoms with Crippen LogP contribution in [0.15, 0.2) is 0 Å². The molecular formula is H7F6KMn. The predicted molar refractivity (Wildman–Crippen MR) is 16.1 cm³/mol. The summed E-state index contributed by atoms with van der Waals surface area (Å²) in [6.07, 6.45) is 0. The first-order valence-corrected chi connectivity index (χ1v) is 0. The van der Waals surface area contributed by atoms with Gasteiger partial charge in [-0.3, -0.25) is 28.2 Å². The van der Waals surface area contributed by atoms with Crippen LogP contribution in [-0.2, 0) is 17.1 Å². The first kappa shape index (κ1) is 247. The SMILES string of the molecule is F.F.F.F.F.F.[H-].[K+].[Mn]. The third kappa shape index (κ3) is 116. The molecule has 8 heavy (non-hydrogen) atoms. The second-order valence-electron chi connectivity index (χ2n) is 0. The van der Waals surface area contributed by atoms with Crippen LogP contribution in [-0.4, -0.2) is 0 Å². The molecule has 0 rings (SSSR count). The largest absolute Gasteiger partial charge is 1.00 e. The Labute approximate surface area is 96.7 Å². The van der Waals surface area contributed by atoms with Gasteiger partial charge in [0.25, 0.3) is 0 Å². The zero-order valence-corrected chi connectivity index (χ0v) is 8.13. The maximum Gasteiger partial charge on any atom is 1.00 e. The van der Waals surface area contributed by atoms with E-state index >= 15 is 0 Å². The van der Waals surface area contributed by atoms with Crippen LogP contribution in [0.25, 0.3) is 0 Å². The number of halogens is 6. The Hall–Kier alpha value is 1.74. The summed E-state index contributed by atoms with van der Waals surface area (Å²) in [6.45, 7) is 0. The molecular weight excluding hydrogens is 208 g/mol. The first-order valence-electron chi connectivity index (χ1n) is 0. The molecule has 0 fully saturated rings. The van der Waals surface area contributed by atoms with Crippen LogP contribution in [0.1, 0.15) is 1.43 Å². The zero-order chi connectivity index (χ0) is 0. The fourth-order valence-corrected chi connectivity index (χ4v) is 0. The van der Waals surface area contributed by atoms with E-state index in [0.717, 1.165) is 0 Å². The van der Waals surface area contributed by atoms with E-state index in [1.54, 1.807) is 0 Å². The van der Waals surface area contributed by atoms with Gasteiger partial charge in [-0.25, -0.2) is 0 Å². The molecule has 0 aromatic heterocycles. The van der Waals surface area contributed by atoms with Crippen molar-refractivity contribution >= 4 is 0 Å². The normalized spacial score (nSPS) is 0. The van der Waals surface area contributed by atoms with Crippen molar-refractivity contribution in [3.8, 4) is 0 Å². The van der Waals surface area contributed by atoms with Crippen molar-refractivity contribution < 1.29 is 98.1 Å². The van der Waals surface area contributed by atoms with Gasteiger partial charge in [0.2, 0.25) is 0 Å². The van der Waals surface area contributed by atoms with Crippen molar-refractivity contribution in [2.45, 2.75) is 0 Å². The van der Waals surface area contributed by atoms with E-state index in [2.05, 4.69) is 0 Å². The fraction of sp³-hybridized carbons (Fsp3) is 0. The van der Waals surface area contributed by atoms with Crippen LogP contribution < -0.4 is 51.4 Å². The summed E-state index contributed by atoms with van der Waals surface area (Å²) in [7, 11) is 0. The summed E-state index contributed by atoms with van der Waals surface area (Å²) in [6, 6.07) is 0. The zero-order valence-electron chi connectivity index (χ0n) is 4.83. The van der Waals surface area contributed by atoms with Gasteiger partial charge < -0.3 is 1.43 Å². The van der Waals surface area contributed by atoms with E-state index < -0.39 is 0 Å². The Kier molecular flexibility index (Phi) is 5350. The Morgan fingerprint density at radius 2 is 0.500 bits per heavy atom. The van der Waals surface area contributed by atoms with Crippen molar-refractivity contribution in [1.82, 2.24) is 0 Å². The fourth-order valence-electron chi connectivity index (χ4n) is 0. The standard InChI is InChI=1S/6FH.K.Mn.H/h6*1H;;;/q;;;;;;+1;;-1. The minimum absolute atomic E-state index is 0. The van der Waals surface area contributed by atoms with E-state index in [4.69, 9.17) is 0 Å². The summed E-state index contributed by atoms with van der Waals surface area (Å²) in [5.41, 5.74) is 0. The Morgan fingerprint density at radius 3 is 0.500 bits per heavy atom. The summed E-state index contributed by atoms with van der Waals surface area (Å²) < 4.78 is 0. The van der Waals surface area contributed by atoms with Crippen molar-refractivity contribution in [2.24, 2.45) is 0 Å². The van der Waals surface area contributed by atoms with Gasteiger partial charge >= 0.3 is 51.4 Å². The van der Waals surface area contributed by atoms with E-state index in [1.165, 1.54) is 0 Å². The summed E-state index contributed by atoms with van der Waals surface area (Å²) in [4.78, 5) is 0. The number of hydrogen-bond donors (Lipinski definition) is 0. The molecule has 0 saturated heterocycles. The number of rotatable bonds is 0. The van der Waals surface area contributed by atoms with Gasteiger partial charge in [-0.15, -0.1) is 0 Å². The molecule has 0 spiro atoms. The second-order valence-corrected chi connectivity index (χ2v) is 0. The van der Waals surface area contributed by atoms with Gasteiger partial charge in [-0.05, 0) is 0 Å². The molecule has 1 radical (unpaired) electrons. The van der Waals surface area contributed by atoms with Gasteiger partial charge in [0.1, 0.15) is 0 Å². The molecule has 0 saturated carbocycles. The van der Waals surface area contributed by atoms with E-state index in [-0.39, 0.29) is 98.1 Å². The Bertz CT molecular complexity index is 13.0. The third-order valence-electron chi connectivity index (χ3n) is 0. The van der Waals surface area contributed by atoms with Crippen LogP contribution in [0.4, 0.5) is 28.2 Å². The first-order chi connectivity index (χ1) is 0. The van der Waals surface area contributed by atoms with Gasteiger partial charge in [-0.2, -0.15) is 0 Å². The third-order valence-corrected chi connectivity index (χ3v) is 0. The van der Waals surface area contributed by atoms with Crippen LogP contribution in [0.5, 0.6) is 0 Å². The van der Waals surface area contributed by atoms with Crippen LogP contribution in [0.3, 0.4) is 0 Å². The second kappa shape index (κ2) is 173. The van der Waals surface area contributed by atoms with Crippen LogP contribution >= 0.6 is 0 Å². The average molecular weight is 215 g/mol. The smallest absolute Gasteiger partial charge is 1.00 e. The molecule has 0 aliphatic rings. The van der Waals surface area contributed by atoms with Gasteiger partial charge in [0.15, 0.2) is 0 Å². The minimum Gasteiger partial charge on any atom is -1.00 e. The number of hydrogen-bond acceptors (Lipinski definition) is 0. The molecule has 0 atom stereocenters. The maximum atomic E-state index is 0. The molecule has 57 valence electrons. The Morgan fingerprint density at radius 1 is 0.500 bits per heavy atom. The van der Waals surface area contributed by atoms with E-state index in [0.29, 0.717) is 0 Å². The van der Waals surface area contributed by atoms with Gasteiger partial charge in [0.05, 0.1) is 0 Å². The molecule has 0 heterocycles. The topological polar surface area (TPSA) is 0 Å². The minimum atomic E-state index is 0.